The molecule has 0 fully saturated rings. The molecular formula is C17H21BN4O4. The van der Waals surface area contributed by atoms with Crippen LogP contribution in [0, 0.1) is 0 Å². The van der Waals surface area contributed by atoms with Crippen molar-refractivity contribution in [2.45, 2.75) is 45.1 Å². The number of ketones is 2. The van der Waals surface area contributed by atoms with Gasteiger partial charge < -0.3 is 15.4 Å². The van der Waals surface area contributed by atoms with Gasteiger partial charge in [-0.1, -0.05) is 17.3 Å². The van der Waals surface area contributed by atoms with Crippen molar-refractivity contribution in [1.82, 2.24) is 15.0 Å². The summed E-state index contributed by atoms with van der Waals surface area (Å²) in [6, 6.07) is 5.32. The lowest BCUT2D eigenvalue weighted by Gasteiger charge is -2.28. The molecule has 1 aromatic carbocycles. The Kier molecular flexibility index (Phi) is 5.48. The maximum absolute atomic E-state index is 12.3. The number of hydrogen-bond acceptors (Lipinski definition) is 7. The molecule has 8 nitrogen and oxygen atoms in total. The Morgan fingerprint density at radius 2 is 2.27 bits per heavy atom. The lowest BCUT2D eigenvalue weighted by atomic mass is 9.64. The van der Waals surface area contributed by atoms with Gasteiger partial charge in [0.25, 0.3) is 0 Å². The fourth-order valence-corrected chi connectivity index (χ4v) is 3.11. The Morgan fingerprint density at radius 1 is 1.46 bits per heavy atom. The predicted molar refractivity (Wildman–Crippen MR) is 94.7 cm³/mol. The molecule has 1 atom stereocenters. The predicted octanol–water partition coefficient (Wildman–Crippen LogP) is 0.774. The van der Waals surface area contributed by atoms with Crippen molar-refractivity contribution < 1.29 is 19.3 Å². The number of nitrogens with two attached hydrogens (primary N) is 1. The third kappa shape index (κ3) is 4.00. The van der Waals surface area contributed by atoms with E-state index >= 15 is 0 Å². The first-order valence-electron chi connectivity index (χ1n) is 8.56. The molecule has 26 heavy (non-hydrogen) atoms. The summed E-state index contributed by atoms with van der Waals surface area (Å²) in [6.07, 6.45) is 2.69. The fourth-order valence-electron chi connectivity index (χ4n) is 3.11. The van der Waals surface area contributed by atoms with Crippen LogP contribution in [-0.4, -0.2) is 38.7 Å². The van der Waals surface area contributed by atoms with E-state index in [0.29, 0.717) is 36.5 Å². The van der Waals surface area contributed by atoms with Crippen LogP contribution in [0.4, 0.5) is 0 Å². The van der Waals surface area contributed by atoms with Crippen LogP contribution in [-0.2, 0) is 24.3 Å². The minimum Gasteiger partial charge on any atom is -0.535 e. The molecule has 1 aromatic heterocycles. The number of hydrogen-bond donors (Lipinski definition) is 2. The maximum Gasteiger partial charge on any atom is 0.526 e. The molecule has 0 unspecified atom stereocenters. The lowest BCUT2D eigenvalue weighted by molar-refractivity contribution is -0.119. The molecule has 0 radical (unpaired) electrons. The first-order chi connectivity index (χ1) is 12.5. The third-order valence-electron chi connectivity index (χ3n) is 4.50. The van der Waals surface area contributed by atoms with Gasteiger partial charge in [0.2, 0.25) is 0 Å². The van der Waals surface area contributed by atoms with Gasteiger partial charge in [0.1, 0.15) is 11.5 Å². The molecule has 0 amide bonds. The SMILES string of the molecule is CC(=O)c1cccc2c1OB(O)[C@@H](CC(=O)CCn1cc(CN)nn1)C2. The van der Waals surface area contributed by atoms with Crippen molar-refractivity contribution in [2.75, 3.05) is 0 Å². The largest absolute Gasteiger partial charge is 0.535 e. The van der Waals surface area contributed by atoms with E-state index in [2.05, 4.69) is 10.3 Å². The van der Waals surface area contributed by atoms with Crippen molar-refractivity contribution in [3.05, 3.63) is 41.2 Å². The average molecular weight is 356 g/mol. The first kappa shape index (κ1) is 18.3. The number of nitrogens with zero attached hydrogens (tertiary/aromatic N) is 3. The van der Waals surface area contributed by atoms with E-state index in [-0.39, 0.29) is 30.2 Å². The highest BCUT2D eigenvalue weighted by Gasteiger charge is 2.37. The second-order valence-electron chi connectivity index (χ2n) is 6.49. The molecule has 9 heteroatoms. The molecule has 0 saturated heterocycles. The monoisotopic (exact) mass is 356 g/mol. The van der Waals surface area contributed by atoms with Gasteiger partial charge in [-0.2, -0.15) is 0 Å². The zero-order chi connectivity index (χ0) is 18.7. The van der Waals surface area contributed by atoms with Crippen LogP contribution in [0.1, 0.15) is 41.4 Å². The van der Waals surface area contributed by atoms with Crippen molar-refractivity contribution in [1.29, 1.82) is 0 Å². The number of Topliss-reactive ketones (excluding diaryl/α,β-unsaturated/α-hetero) is 2. The second-order valence-corrected chi connectivity index (χ2v) is 6.49. The number of carbonyl (C=O) groups excluding carboxylic acids is 2. The van der Waals surface area contributed by atoms with Crippen molar-refractivity contribution in [3.8, 4) is 5.75 Å². The summed E-state index contributed by atoms with van der Waals surface area (Å²) in [7, 11) is -1.11. The van der Waals surface area contributed by atoms with Crippen LogP contribution in [0.3, 0.4) is 0 Å². The van der Waals surface area contributed by atoms with Gasteiger partial charge in [-0.25, -0.2) is 0 Å². The van der Waals surface area contributed by atoms with E-state index in [0.717, 1.165) is 5.56 Å². The van der Waals surface area contributed by atoms with E-state index in [4.69, 9.17) is 10.4 Å². The first-order valence-corrected chi connectivity index (χ1v) is 8.56. The summed E-state index contributed by atoms with van der Waals surface area (Å²) >= 11 is 0. The standard InChI is InChI=1S/C17H21BN4O4/c1-11(23)16-4-2-3-12-7-13(18(25)26-17(12)16)8-15(24)5-6-22-10-14(9-19)20-21-22/h2-4,10,13,25H,5-9,19H2,1H3/t13-/m1/s1. The maximum atomic E-state index is 12.3. The summed E-state index contributed by atoms with van der Waals surface area (Å²) in [5.74, 6) is -0.0254. The van der Waals surface area contributed by atoms with Gasteiger partial charge in [-0.05, 0) is 25.0 Å². The highest BCUT2D eigenvalue weighted by molar-refractivity contribution is 6.47. The molecular weight excluding hydrogens is 335 g/mol. The van der Waals surface area contributed by atoms with Crippen LogP contribution in [0.5, 0.6) is 5.75 Å². The topological polar surface area (TPSA) is 120 Å². The van der Waals surface area contributed by atoms with Gasteiger partial charge in [-0.15, -0.1) is 5.10 Å². The Balaban J connectivity index is 1.60. The molecule has 2 heterocycles. The van der Waals surface area contributed by atoms with E-state index in [9.17, 15) is 14.6 Å². The molecule has 0 spiro atoms. The average Bonchev–Trinajstić information content (AvgIpc) is 3.08. The van der Waals surface area contributed by atoms with E-state index in [1.165, 1.54) is 6.92 Å². The Bertz CT molecular complexity index is 823. The summed E-state index contributed by atoms with van der Waals surface area (Å²) in [6.45, 7) is 2.18. The minimum absolute atomic E-state index is 0.00798. The van der Waals surface area contributed by atoms with E-state index < -0.39 is 7.12 Å². The van der Waals surface area contributed by atoms with Crippen LogP contribution >= 0.6 is 0 Å². The number of fused-ring (bicyclic) bond motifs is 1. The Hall–Kier alpha value is -2.52. The van der Waals surface area contributed by atoms with Gasteiger partial charge in [0.15, 0.2) is 5.78 Å². The lowest BCUT2D eigenvalue weighted by Crippen LogP contribution is -2.35. The van der Waals surface area contributed by atoms with E-state index in [1.54, 1.807) is 23.0 Å². The van der Waals surface area contributed by atoms with Crippen LogP contribution in [0.2, 0.25) is 5.82 Å². The molecule has 3 N–H and O–H groups in total. The zero-order valence-corrected chi connectivity index (χ0v) is 14.6. The van der Waals surface area contributed by atoms with Crippen LogP contribution in [0.15, 0.2) is 24.4 Å². The number of benzene rings is 1. The summed E-state index contributed by atoms with van der Waals surface area (Å²) < 4.78 is 7.15. The molecule has 136 valence electrons. The molecule has 0 aliphatic carbocycles. The molecule has 3 rings (SSSR count). The normalized spacial score (nSPS) is 16.1. The van der Waals surface area contributed by atoms with Gasteiger partial charge in [0, 0.05) is 37.9 Å². The van der Waals surface area contributed by atoms with Crippen molar-refractivity contribution >= 4 is 18.7 Å². The molecule has 2 aromatic rings. The van der Waals surface area contributed by atoms with Crippen LogP contribution < -0.4 is 10.4 Å². The summed E-state index contributed by atoms with van der Waals surface area (Å²) in [5, 5.41) is 18.0. The fraction of sp³-hybridized carbons (Fsp3) is 0.412. The quantitative estimate of drug-likeness (QED) is 0.555. The van der Waals surface area contributed by atoms with E-state index in [1.807, 2.05) is 6.07 Å². The molecule has 0 bridgehead atoms. The molecule has 1 aliphatic rings. The van der Waals surface area contributed by atoms with Gasteiger partial charge in [0.05, 0.1) is 11.3 Å². The number of aryl methyl sites for hydroxylation is 1. The zero-order valence-electron chi connectivity index (χ0n) is 14.6. The molecule has 0 saturated carbocycles. The minimum atomic E-state index is -1.11. The number of para-hydroxylation sites is 1. The van der Waals surface area contributed by atoms with Crippen molar-refractivity contribution in [3.63, 3.8) is 0 Å². The van der Waals surface area contributed by atoms with Gasteiger partial charge >= 0.3 is 7.12 Å². The summed E-state index contributed by atoms with van der Waals surface area (Å²) in [4.78, 5) is 24.0. The number of aromatic nitrogens is 3. The summed E-state index contributed by atoms with van der Waals surface area (Å²) in [5.41, 5.74) is 7.44. The third-order valence-corrected chi connectivity index (χ3v) is 4.50. The number of rotatable bonds is 7. The van der Waals surface area contributed by atoms with Crippen molar-refractivity contribution in [2.24, 2.45) is 5.73 Å². The van der Waals surface area contributed by atoms with Gasteiger partial charge in [-0.3, -0.25) is 14.3 Å². The second kappa shape index (κ2) is 7.80. The number of carbonyl (C=O) groups is 2. The molecule has 1 aliphatic heterocycles. The Morgan fingerprint density at radius 3 is 2.96 bits per heavy atom. The smallest absolute Gasteiger partial charge is 0.526 e. The highest BCUT2D eigenvalue weighted by atomic mass is 16.5. The van der Waals surface area contributed by atoms with Crippen LogP contribution in [0.25, 0.3) is 0 Å². The highest BCUT2D eigenvalue weighted by Crippen LogP contribution is 2.36. The Labute approximate surface area is 151 Å².